The Morgan fingerprint density at radius 2 is 1.83 bits per heavy atom. The van der Waals surface area contributed by atoms with Crippen molar-refractivity contribution in [2.75, 3.05) is 0 Å². The topological polar surface area (TPSA) is 152 Å². The smallest absolute Gasteiger partial charge is 0.483 e. The molecule has 2 aromatic carbocycles. The van der Waals surface area contributed by atoms with Crippen molar-refractivity contribution in [2.24, 2.45) is 5.73 Å². The van der Waals surface area contributed by atoms with Gasteiger partial charge in [-0.2, -0.15) is 0 Å². The van der Waals surface area contributed by atoms with E-state index in [1.54, 1.807) is 39.0 Å². The number of aromatic amines is 1. The fraction of sp³-hybridized carbons (Fsp3) is 0.333. The molecule has 0 spiro atoms. The zero-order valence-electron chi connectivity index (χ0n) is 22.3. The number of hydrogen-bond donors (Lipinski definition) is 2. The molecule has 3 N–H and O–H groups in total. The third kappa shape index (κ3) is 7.47. The summed E-state index contributed by atoms with van der Waals surface area (Å²) in [7, 11) is 0. The molecule has 0 saturated carbocycles. The minimum Gasteiger partial charge on any atom is -0.483 e. The van der Waals surface area contributed by atoms with Gasteiger partial charge in [-0.15, -0.1) is 13.2 Å². The SMILES string of the molecule is CC(C)(C)OC(=O)CCC(C(N)=O)n1[nH]c2c(OCc3cnc(-c4ccc(OC(F)(F)F)cc4)o3)cccc2c1=O. The number of fused-ring (bicyclic) bond motifs is 1. The molecule has 0 aliphatic carbocycles. The molecule has 0 bridgehead atoms. The second kappa shape index (κ2) is 11.4. The van der Waals surface area contributed by atoms with Crippen molar-refractivity contribution in [2.45, 2.75) is 58.2 Å². The van der Waals surface area contributed by atoms with Crippen LogP contribution in [0.3, 0.4) is 0 Å². The van der Waals surface area contributed by atoms with Crippen LogP contribution in [-0.4, -0.2) is 38.6 Å². The molecule has 1 atom stereocenters. The van der Waals surface area contributed by atoms with Gasteiger partial charge in [-0.25, -0.2) is 9.67 Å². The maximum Gasteiger partial charge on any atom is 0.573 e. The predicted molar refractivity (Wildman–Crippen MR) is 139 cm³/mol. The van der Waals surface area contributed by atoms with Crippen molar-refractivity contribution >= 4 is 22.8 Å². The molecule has 0 saturated heterocycles. The maximum absolute atomic E-state index is 13.1. The Morgan fingerprint density at radius 1 is 1.12 bits per heavy atom. The van der Waals surface area contributed by atoms with Crippen LogP contribution in [0.5, 0.6) is 11.5 Å². The van der Waals surface area contributed by atoms with E-state index in [0.29, 0.717) is 16.8 Å². The summed E-state index contributed by atoms with van der Waals surface area (Å²) in [6.07, 6.45) is -3.60. The summed E-state index contributed by atoms with van der Waals surface area (Å²) in [5, 5.41) is 3.09. The number of carbonyl (C=O) groups excluding carboxylic acids is 2. The monoisotopic (exact) mass is 576 g/mol. The summed E-state index contributed by atoms with van der Waals surface area (Å²) >= 11 is 0. The lowest BCUT2D eigenvalue weighted by atomic mass is 10.1. The summed E-state index contributed by atoms with van der Waals surface area (Å²) in [4.78, 5) is 41.6. The molecular formula is C27H27F3N4O7. The first kappa shape index (κ1) is 29.2. The Bertz CT molecular complexity index is 1600. The normalized spacial score (nSPS) is 12.7. The number of alkyl halides is 3. The van der Waals surface area contributed by atoms with Crippen molar-refractivity contribution in [1.29, 1.82) is 0 Å². The molecule has 0 aliphatic rings. The zero-order valence-corrected chi connectivity index (χ0v) is 22.3. The molecule has 218 valence electrons. The van der Waals surface area contributed by atoms with Crippen molar-refractivity contribution in [3.05, 3.63) is 64.8 Å². The number of esters is 1. The van der Waals surface area contributed by atoms with Crippen LogP contribution >= 0.6 is 0 Å². The lowest BCUT2D eigenvalue weighted by Crippen LogP contribution is -2.34. The Labute approximate surface area is 231 Å². The van der Waals surface area contributed by atoms with Gasteiger partial charge in [0, 0.05) is 12.0 Å². The van der Waals surface area contributed by atoms with Crippen LogP contribution < -0.4 is 20.8 Å². The number of nitrogens with two attached hydrogens (primary N) is 1. The molecular weight excluding hydrogens is 549 g/mol. The number of halogens is 3. The van der Waals surface area contributed by atoms with Crippen molar-refractivity contribution in [3.8, 4) is 23.0 Å². The van der Waals surface area contributed by atoms with Gasteiger partial charge in [0.2, 0.25) is 11.8 Å². The molecule has 1 amide bonds. The summed E-state index contributed by atoms with van der Waals surface area (Å²) in [6, 6.07) is 8.60. The maximum atomic E-state index is 13.1. The molecule has 2 aromatic heterocycles. The molecule has 11 nitrogen and oxygen atoms in total. The number of carbonyl (C=O) groups is 2. The average Bonchev–Trinajstić information content (AvgIpc) is 3.46. The number of nitrogens with zero attached hydrogens (tertiary/aromatic N) is 2. The summed E-state index contributed by atoms with van der Waals surface area (Å²) in [5.74, 6) is -1.02. The Hall–Kier alpha value is -4.75. The Balaban J connectivity index is 1.48. The van der Waals surface area contributed by atoms with E-state index < -0.39 is 35.4 Å². The third-order valence-corrected chi connectivity index (χ3v) is 5.65. The van der Waals surface area contributed by atoms with Crippen LogP contribution in [-0.2, 0) is 20.9 Å². The number of benzene rings is 2. The molecule has 0 fully saturated rings. The van der Waals surface area contributed by atoms with Gasteiger partial charge < -0.3 is 24.4 Å². The van der Waals surface area contributed by atoms with Crippen molar-refractivity contribution in [1.82, 2.24) is 14.8 Å². The number of ether oxygens (including phenoxy) is 3. The average molecular weight is 577 g/mol. The fourth-order valence-corrected chi connectivity index (χ4v) is 3.97. The number of amides is 1. The van der Waals surface area contributed by atoms with Gasteiger partial charge in [0.15, 0.2) is 5.76 Å². The number of rotatable bonds is 10. The van der Waals surface area contributed by atoms with Crippen LogP contribution in [0.4, 0.5) is 13.2 Å². The number of aromatic nitrogens is 3. The molecule has 0 aliphatic heterocycles. The van der Waals surface area contributed by atoms with E-state index in [4.69, 9.17) is 19.6 Å². The summed E-state index contributed by atoms with van der Waals surface area (Å²) in [5.41, 5.74) is 5.03. The third-order valence-electron chi connectivity index (χ3n) is 5.65. The minimum absolute atomic E-state index is 0.0582. The highest BCUT2D eigenvalue weighted by atomic mass is 19.4. The first-order valence-corrected chi connectivity index (χ1v) is 12.4. The highest BCUT2D eigenvalue weighted by Gasteiger charge is 2.31. The van der Waals surface area contributed by atoms with Crippen molar-refractivity contribution in [3.63, 3.8) is 0 Å². The van der Waals surface area contributed by atoms with E-state index in [9.17, 15) is 27.6 Å². The molecule has 14 heteroatoms. The summed E-state index contributed by atoms with van der Waals surface area (Å²) < 4.78 is 58.8. The van der Waals surface area contributed by atoms with Gasteiger partial charge in [-0.05, 0) is 63.6 Å². The second-order valence-electron chi connectivity index (χ2n) is 10.0. The molecule has 4 aromatic rings. The number of oxazole rings is 1. The van der Waals surface area contributed by atoms with Crippen LogP contribution in [0.25, 0.3) is 22.4 Å². The number of para-hydroxylation sites is 1. The first-order chi connectivity index (χ1) is 19.2. The van der Waals surface area contributed by atoms with E-state index in [2.05, 4.69) is 14.8 Å². The largest absolute Gasteiger partial charge is 0.573 e. The van der Waals surface area contributed by atoms with E-state index >= 15 is 0 Å². The molecule has 2 heterocycles. The van der Waals surface area contributed by atoms with Crippen molar-refractivity contribution < 1.29 is 41.4 Å². The van der Waals surface area contributed by atoms with Gasteiger partial charge in [0.05, 0.1) is 11.6 Å². The highest BCUT2D eigenvalue weighted by molar-refractivity contribution is 5.85. The van der Waals surface area contributed by atoms with E-state index in [1.165, 1.54) is 18.3 Å². The van der Waals surface area contributed by atoms with Gasteiger partial charge in [-0.3, -0.25) is 19.5 Å². The van der Waals surface area contributed by atoms with Gasteiger partial charge >= 0.3 is 12.3 Å². The van der Waals surface area contributed by atoms with Crippen LogP contribution in [0.1, 0.15) is 45.4 Å². The summed E-state index contributed by atoms with van der Waals surface area (Å²) in [6.45, 7) is 5.04. The molecule has 1 unspecified atom stereocenters. The quantitative estimate of drug-likeness (QED) is 0.260. The first-order valence-electron chi connectivity index (χ1n) is 12.4. The van der Waals surface area contributed by atoms with E-state index in [1.807, 2.05) is 0 Å². The zero-order chi connectivity index (χ0) is 29.9. The molecule has 0 radical (unpaired) electrons. The van der Waals surface area contributed by atoms with Gasteiger partial charge in [0.1, 0.15) is 35.3 Å². The molecule has 4 rings (SSSR count). The molecule has 41 heavy (non-hydrogen) atoms. The number of primary amides is 1. The van der Waals surface area contributed by atoms with E-state index in [-0.39, 0.29) is 42.2 Å². The second-order valence-corrected chi connectivity index (χ2v) is 10.0. The lowest BCUT2D eigenvalue weighted by molar-refractivity contribution is -0.274. The van der Waals surface area contributed by atoms with Gasteiger partial charge in [-0.1, -0.05) is 6.07 Å². The Kier molecular flexibility index (Phi) is 8.12. The standard InChI is InChI=1S/C27H27F3N4O7/c1-26(2,3)41-21(35)12-11-19(23(31)36)34-25(37)18-5-4-6-20(22(18)33-34)38-14-17-13-32-24(39-17)15-7-9-16(10-8-15)40-27(28,29)30/h4-10,13,19,33H,11-12,14H2,1-3H3,(H2,31,36). The number of hydrogen-bond acceptors (Lipinski definition) is 8. The predicted octanol–water partition coefficient (Wildman–Crippen LogP) is 4.61. The number of H-pyrrole nitrogens is 1. The van der Waals surface area contributed by atoms with Crippen LogP contribution in [0.2, 0.25) is 0 Å². The number of nitrogens with one attached hydrogen (secondary N) is 1. The minimum atomic E-state index is -4.80. The van der Waals surface area contributed by atoms with E-state index in [0.717, 1.165) is 16.8 Å². The highest BCUT2D eigenvalue weighted by Crippen LogP contribution is 2.28. The Morgan fingerprint density at radius 3 is 2.46 bits per heavy atom. The fourth-order valence-electron chi connectivity index (χ4n) is 3.97. The van der Waals surface area contributed by atoms with Crippen LogP contribution in [0.15, 0.2) is 57.9 Å². The van der Waals surface area contributed by atoms with Gasteiger partial charge in [0.25, 0.3) is 5.56 Å². The van der Waals surface area contributed by atoms with Crippen LogP contribution in [0, 0.1) is 0 Å². The lowest BCUT2D eigenvalue weighted by Gasteiger charge is -2.20.